The molecule has 0 fully saturated rings. The fourth-order valence-electron chi connectivity index (χ4n) is 2.27. The van der Waals surface area contributed by atoms with Gasteiger partial charge < -0.3 is 14.8 Å². The van der Waals surface area contributed by atoms with E-state index in [9.17, 15) is 0 Å². The molecule has 1 N–H and O–H groups in total. The molecule has 0 amide bonds. The quantitative estimate of drug-likeness (QED) is 0.849. The van der Waals surface area contributed by atoms with Crippen molar-refractivity contribution in [3.05, 3.63) is 29.3 Å². The molecule has 94 valence electrons. The van der Waals surface area contributed by atoms with Gasteiger partial charge in [-0.15, -0.1) is 0 Å². The monoisotopic (exact) mass is 235 g/mol. The van der Waals surface area contributed by atoms with Gasteiger partial charge in [0, 0.05) is 13.2 Å². The molecule has 2 unspecified atom stereocenters. The first-order valence-electron chi connectivity index (χ1n) is 6.20. The zero-order chi connectivity index (χ0) is 12.3. The minimum Gasteiger partial charge on any atom is -0.491 e. The Hall–Kier alpha value is -1.06. The molecule has 2 rings (SSSR count). The summed E-state index contributed by atoms with van der Waals surface area (Å²) in [6, 6.07) is 6.90. The van der Waals surface area contributed by atoms with Crippen molar-refractivity contribution in [2.45, 2.75) is 31.9 Å². The van der Waals surface area contributed by atoms with E-state index in [4.69, 9.17) is 9.47 Å². The van der Waals surface area contributed by atoms with Gasteiger partial charge in [-0.1, -0.05) is 6.07 Å². The highest BCUT2D eigenvalue weighted by molar-refractivity contribution is 5.40. The number of rotatable bonds is 5. The van der Waals surface area contributed by atoms with E-state index < -0.39 is 0 Å². The molecule has 3 heteroatoms. The highest BCUT2D eigenvalue weighted by Crippen LogP contribution is 2.33. The highest BCUT2D eigenvalue weighted by atomic mass is 16.5. The van der Waals surface area contributed by atoms with Gasteiger partial charge in [0.25, 0.3) is 0 Å². The largest absolute Gasteiger partial charge is 0.491 e. The first-order valence-corrected chi connectivity index (χ1v) is 6.20. The van der Waals surface area contributed by atoms with E-state index in [-0.39, 0.29) is 6.10 Å². The van der Waals surface area contributed by atoms with E-state index in [2.05, 4.69) is 23.5 Å². The molecule has 0 radical (unpaired) electrons. The number of nitrogens with one attached hydrogen (secondary N) is 1. The number of hydrogen-bond acceptors (Lipinski definition) is 3. The standard InChI is InChI=1S/C14H21NO2/c1-10(16-3)9-17-12-5-6-13-11(8-12)4-7-14(13)15-2/h5-6,8,10,14-15H,4,7,9H2,1-3H3. The number of fused-ring (bicyclic) bond motifs is 1. The van der Waals surface area contributed by atoms with E-state index >= 15 is 0 Å². The Kier molecular flexibility index (Phi) is 4.02. The lowest BCUT2D eigenvalue weighted by Crippen LogP contribution is -2.16. The summed E-state index contributed by atoms with van der Waals surface area (Å²) in [4.78, 5) is 0. The Morgan fingerprint density at radius 2 is 2.29 bits per heavy atom. The van der Waals surface area contributed by atoms with Crippen LogP contribution in [0, 0.1) is 0 Å². The lowest BCUT2D eigenvalue weighted by molar-refractivity contribution is 0.0716. The molecular weight excluding hydrogens is 214 g/mol. The summed E-state index contributed by atoms with van der Waals surface area (Å²) in [5, 5.41) is 3.34. The molecule has 0 aromatic heterocycles. The van der Waals surface area contributed by atoms with E-state index in [0.29, 0.717) is 12.6 Å². The molecule has 1 aromatic carbocycles. The summed E-state index contributed by atoms with van der Waals surface area (Å²) in [6.07, 6.45) is 2.45. The maximum atomic E-state index is 5.71. The molecular formula is C14H21NO2. The van der Waals surface area contributed by atoms with Crippen LogP contribution in [0.3, 0.4) is 0 Å². The maximum Gasteiger partial charge on any atom is 0.119 e. The van der Waals surface area contributed by atoms with E-state index in [1.807, 2.05) is 14.0 Å². The summed E-state index contributed by atoms with van der Waals surface area (Å²) in [7, 11) is 3.72. The van der Waals surface area contributed by atoms with Crippen LogP contribution in [-0.2, 0) is 11.2 Å². The van der Waals surface area contributed by atoms with Gasteiger partial charge in [-0.3, -0.25) is 0 Å². The van der Waals surface area contributed by atoms with Crippen LogP contribution in [0.25, 0.3) is 0 Å². The highest BCUT2D eigenvalue weighted by Gasteiger charge is 2.21. The molecule has 0 heterocycles. The second-order valence-corrected chi connectivity index (χ2v) is 4.60. The maximum absolute atomic E-state index is 5.71. The van der Waals surface area contributed by atoms with Crippen molar-refractivity contribution in [1.82, 2.24) is 5.32 Å². The molecule has 0 aliphatic heterocycles. The van der Waals surface area contributed by atoms with Crippen molar-refractivity contribution < 1.29 is 9.47 Å². The molecule has 0 spiro atoms. The topological polar surface area (TPSA) is 30.5 Å². The normalized spacial score (nSPS) is 20.1. The van der Waals surface area contributed by atoms with Gasteiger partial charge in [0.15, 0.2) is 0 Å². The minimum atomic E-state index is 0.133. The molecule has 0 bridgehead atoms. The molecule has 17 heavy (non-hydrogen) atoms. The lowest BCUT2D eigenvalue weighted by atomic mass is 10.1. The first kappa shape index (κ1) is 12.4. The van der Waals surface area contributed by atoms with Crippen LogP contribution in [0.5, 0.6) is 5.75 Å². The number of aryl methyl sites for hydroxylation is 1. The zero-order valence-electron chi connectivity index (χ0n) is 10.8. The zero-order valence-corrected chi connectivity index (χ0v) is 10.8. The lowest BCUT2D eigenvalue weighted by Gasteiger charge is -2.13. The minimum absolute atomic E-state index is 0.133. The number of ether oxygens (including phenoxy) is 2. The van der Waals surface area contributed by atoms with Gasteiger partial charge in [-0.25, -0.2) is 0 Å². The van der Waals surface area contributed by atoms with Crippen molar-refractivity contribution in [2.24, 2.45) is 0 Å². The van der Waals surface area contributed by atoms with E-state index in [0.717, 1.165) is 12.2 Å². The number of benzene rings is 1. The van der Waals surface area contributed by atoms with Gasteiger partial charge in [0.05, 0.1) is 6.10 Å². The molecule has 1 aromatic rings. The predicted molar refractivity (Wildman–Crippen MR) is 68.5 cm³/mol. The summed E-state index contributed by atoms with van der Waals surface area (Å²) in [6.45, 7) is 2.61. The van der Waals surface area contributed by atoms with Gasteiger partial charge in [-0.2, -0.15) is 0 Å². The van der Waals surface area contributed by atoms with E-state index in [1.165, 1.54) is 17.5 Å². The molecule has 1 aliphatic carbocycles. The predicted octanol–water partition coefficient (Wildman–Crippen LogP) is 2.31. The fraction of sp³-hybridized carbons (Fsp3) is 0.571. The number of methoxy groups -OCH3 is 1. The summed E-state index contributed by atoms with van der Waals surface area (Å²) < 4.78 is 10.9. The average Bonchev–Trinajstić information content (AvgIpc) is 2.78. The van der Waals surface area contributed by atoms with Crippen molar-refractivity contribution in [2.75, 3.05) is 20.8 Å². The Labute approximate surface area is 103 Å². The SMILES string of the molecule is CNC1CCc2cc(OCC(C)OC)ccc21. The molecule has 0 saturated heterocycles. The van der Waals surface area contributed by atoms with Crippen LogP contribution in [0.15, 0.2) is 18.2 Å². The van der Waals surface area contributed by atoms with Crippen LogP contribution < -0.4 is 10.1 Å². The Morgan fingerprint density at radius 3 is 3.00 bits per heavy atom. The van der Waals surface area contributed by atoms with Crippen molar-refractivity contribution in [3.8, 4) is 5.75 Å². The Bertz CT molecular complexity index is 378. The average molecular weight is 235 g/mol. The summed E-state index contributed by atoms with van der Waals surface area (Å²) in [5.74, 6) is 0.949. The Balaban J connectivity index is 2.03. The van der Waals surface area contributed by atoms with Gasteiger partial charge in [-0.05, 0) is 50.1 Å². The molecule has 2 atom stereocenters. The summed E-state index contributed by atoms with van der Waals surface area (Å²) >= 11 is 0. The fourth-order valence-corrected chi connectivity index (χ4v) is 2.27. The third-order valence-electron chi connectivity index (χ3n) is 3.43. The third kappa shape index (κ3) is 2.79. The molecule has 3 nitrogen and oxygen atoms in total. The molecule has 1 aliphatic rings. The second-order valence-electron chi connectivity index (χ2n) is 4.60. The van der Waals surface area contributed by atoms with Gasteiger partial charge in [0.2, 0.25) is 0 Å². The van der Waals surface area contributed by atoms with Crippen LogP contribution in [-0.4, -0.2) is 26.9 Å². The van der Waals surface area contributed by atoms with Crippen molar-refractivity contribution >= 4 is 0 Å². The number of hydrogen-bond donors (Lipinski definition) is 1. The summed E-state index contributed by atoms with van der Waals surface area (Å²) in [5.41, 5.74) is 2.83. The van der Waals surface area contributed by atoms with Gasteiger partial charge in [0.1, 0.15) is 12.4 Å². The van der Waals surface area contributed by atoms with Crippen LogP contribution in [0.2, 0.25) is 0 Å². The van der Waals surface area contributed by atoms with Crippen LogP contribution >= 0.6 is 0 Å². The smallest absolute Gasteiger partial charge is 0.119 e. The van der Waals surface area contributed by atoms with E-state index in [1.54, 1.807) is 7.11 Å². The first-order chi connectivity index (χ1) is 8.24. The third-order valence-corrected chi connectivity index (χ3v) is 3.43. The van der Waals surface area contributed by atoms with Gasteiger partial charge >= 0.3 is 0 Å². The van der Waals surface area contributed by atoms with Crippen LogP contribution in [0.1, 0.15) is 30.5 Å². The Morgan fingerprint density at radius 1 is 1.47 bits per heavy atom. The van der Waals surface area contributed by atoms with Crippen molar-refractivity contribution in [3.63, 3.8) is 0 Å². The second kappa shape index (κ2) is 5.52. The molecule has 0 saturated carbocycles. The van der Waals surface area contributed by atoms with Crippen LogP contribution in [0.4, 0.5) is 0 Å². The van der Waals surface area contributed by atoms with Crippen molar-refractivity contribution in [1.29, 1.82) is 0 Å².